The number of hydrogen-bond acceptors (Lipinski definition) is 5. The zero-order valence-corrected chi connectivity index (χ0v) is 48.4. The average Bonchev–Trinajstić information content (AvgIpc) is 3.38. The van der Waals surface area contributed by atoms with Crippen LogP contribution in [0, 0.1) is 0 Å². The molecule has 0 saturated carbocycles. The number of carbonyl (C=O) groups is 2. The monoisotopic (exact) mass is 1010 g/mol. The van der Waals surface area contributed by atoms with Crippen molar-refractivity contribution >= 4 is 11.9 Å². The lowest BCUT2D eigenvalue weighted by Gasteiger charge is -2.20. The van der Waals surface area contributed by atoms with E-state index >= 15 is 0 Å². The summed E-state index contributed by atoms with van der Waals surface area (Å²) >= 11 is 0. The van der Waals surface area contributed by atoms with Crippen LogP contribution >= 0.6 is 0 Å². The SMILES string of the molecule is CCCCCC/C=C\C/C=C\CCCCCCCCCC(=O)OCCCCCCCCCCCCCCCCCCCCCCCCCCCCCCC(=O)NC(CO)C(O)/C=C/CCCCCCCCC. The molecule has 6 nitrogen and oxygen atoms in total. The van der Waals surface area contributed by atoms with Gasteiger partial charge in [-0.15, -0.1) is 0 Å². The Labute approximate surface area is 449 Å². The molecule has 0 aromatic heterocycles. The molecule has 0 heterocycles. The van der Waals surface area contributed by atoms with E-state index in [2.05, 4.69) is 43.5 Å². The van der Waals surface area contributed by atoms with Gasteiger partial charge in [0.1, 0.15) is 0 Å². The third kappa shape index (κ3) is 57.4. The highest BCUT2D eigenvalue weighted by Gasteiger charge is 2.18. The van der Waals surface area contributed by atoms with Crippen LogP contribution in [0.15, 0.2) is 36.5 Å². The topological polar surface area (TPSA) is 95.9 Å². The Morgan fingerprint density at radius 1 is 0.389 bits per heavy atom. The van der Waals surface area contributed by atoms with Crippen molar-refractivity contribution in [3.63, 3.8) is 0 Å². The summed E-state index contributed by atoms with van der Waals surface area (Å²) in [6.45, 7) is 4.87. The number of ether oxygens (including phenoxy) is 1. The predicted molar refractivity (Wildman–Crippen MR) is 315 cm³/mol. The normalized spacial score (nSPS) is 12.8. The van der Waals surface area contributed by atoms with E-state index in [9.17, 15) is 19.8 Å². The maximum Gasteiger partial charge on any atom is 0.305 e. The summed E-state index contributed by atoms with van der Waals surface area (Å²) in [5, 5.41) is 23.0. The van der Waals surface area contributed by atoms with Crippen molar-refractivity contribution in [3.05, 3.63) is 36.5 Å². The van der Waals surface area contributed by atoms with Crippen LogP contribution in [-0.2, 0) is 14.3 Å². The maximum absolute atomic E-state index is 12.4. The van der Waals surface area contributed by atoms with E-state index in [4.69, 9.17) is 4.74 Å². The molecule has 0 bridgehead atoms. The van der Waals surface area contributed by atoms with Gasteiger partial charge >= 0.3 is 5.97 Å². The highest BCUT2D eigenvalue weighted by atomic mass is 16.5. The second-order valence-corrected chi connectivity index (χ2v) is 22.1. The number of rotatable bonds is 60. The maximum atomic E-state index is 12.4. The van der Waals surface area contributed by atoms with Crippen molar-refractivity contribution in [1.29, 1.82) is 0 Å². The summed E-state index contributed by atoms with van der Waals surface area (Å²) in [5.74, 6) is -0.0558. The first-order chi connectivity index (χ1) is 35.5. The smallest absolute Gasteiger partial charge is 0.305 e. The molecular formula is C66H125NO5. The van der Waals surface area contributed by atoms with Crippen LogP contribution < -0.4 is 5.32 Å². The van der Waals surface area contributed by atoms with E-state index in [1.54, 1.807) is 6.08 Å². The number of nitrogens with one attached hydrogen (secondary N) is 1. The first kappa shape index (κ1) is 70.1. The molecule has 424 valence electrons. The van der Waals surface area contributed by atoms with Gasteiger partial charge in [-0.25, -0.2) is 0 Å². The van der Waals surface area contributed by atoms with Crippen molar-refractivity contribution in [2.45, 2.75) is 360 Å². The zero-order chi connectivity index (χ0) is 52.2. The van der Waals surface area contributed by atoms with Crippen LogP contribution in [0.5, 0.6) is 0 Å². The highest BCUT2D eigenvalue weighted by molar-refractivity contribution is 5.76. The largest absolute Gasteiger partial charge is 0.466 e. The van der Waals surface area contributed by atoms with Gasteiger partial charge in [-0.3, -0.25) is 9.59 Å². The third-order valence-electron chi connectivity index (χ3n) is 14.9. The van der Waals surface area contributed by atoms with E-state index in [1.165, 1.54) is 270 Å². The Morgan fingerprint density at radius 3 is 1.07 bits per heavy atom. The minimum absolute atomic E-state index is 0.0110. The van der Waals surface area contributed by atoms with E-state index in [1.807, 2.05) is 6.08 Å². The van der Waals surface area contributed by atoms with Gasteiger partial charge in [-0.1, -0.05) is 307 Å². The molecular weight excluding hydrogens is 887 g/mol. The lowest BCUT2D eigenvalue weighted by Crippen LogP contribution is -2.45. The summed E-state index contributed by atoms with van der Waals surface area (Å²) in [4.78, 5) is 24.5. The molecule has 72 heavy (non-hydrogen) atoms. The van der Waals surface area contributed by atoms with Crippen molar-refractivity contribution in [1.82, 2.24) is 5.32 Å². The molecule has 0 aromatic rings. The number of esters is 1. The molecule has 3 N–H and O–H groups in total. The van der Waals surface area contributed by atoms with E-state index in [-0.39, 0.29) is 18.5 Å². The molecule has 2 atom stereocenters. The number of unbranched alkanes of at least 4 members (excludes halogenated alkanes) is 45. The number of carbonyl (C=O) groups excluding carboxylic acids is 2. The van der Waals surface area contributed by atoms with Crippen LogP contribution in [0.3, 0.4) is 0 Å². The molecule has 0 radical (unpaired) electrons. The lowest BCUT2D eigenvalue weighted by molar-refractivity contribution is -0.143. The highest BCUT2D eigenvalue weighted by Crippen LogP contribution is 2.18. The summed E-state index contributed by atoms with van der Waals surface area (Å²) < 4.78 is 5.50. The number of hydrogen-bond donors (Lipinski definition) is 3. The molecule has 0 saturated heterocycles. The van der Waals surface area contributed by atoms with E-state index in [0.717, 1.165) is 51.4 Å². The number of aliphatic hydroxyl groups is 2. The van der Waals surface area contributed by atoms with Crippen molar-refractivity contribution in [2.24, 2.45) is 0 Å². The van der Waals surface area contributed by atoms with Crippen molar-refractivity contribution in [2.75, 3.05) is 13.2 Å². The quantitative estimate of drug-likeness (QED) is 0.0320. The fraction of sp³-hybridized carbons (Fsp3) is 0.879. The van der Waals surface area contributed by atoms with Gasteiger partial charge in [0.15, 0.2) is 0 Å². The van der Waals surface area contributed by atoms with Gasteiger partial charge in [-0.2, -0.15) is 0 Å². The lowest BCUT2D eigenvalue weighted by atomic mass is 10.0. The Morgan fingerprint density at radius 2 is 0.694 bits per heavy atom. The molecule has 1 amide bonds. The Balaban J connectivity index is 3.32. The fourth-order valence-electron chi connectivity index (χ4n) is 9.96. The van der Waals surface area contributed by atoms with Gasteiger partial charge in [-0.05, 0) is 64.2 Å². The number of allylic oxidation sites excluding steroid dienone is 5. The van der Waals surface area contributed by atoms with E-state index < -0.39 is 12.1 Å². The predicted octanol–water partition coefficient (Wildman–Crippen LogP) is 20.4. The molecule has 0 aliphatic heterocycles. The summed E-state index contributed by atoms with van der Waals surface area (Å²) in [7, 11) is 0. The number of amides is 1. The van der Waals surface area contributed by atoms with Crippen LogP contribution in [0.25, 0.3) is 0 Å². The average molecular weight is 1010 g/mol. The molecule has 0 aliphatic carbocycles. The van der Waals surface area contributed by atoms with Crippen molar-refractivity contribution < 1.29 is 24.5 Å². The van der Waals surface area contributed by atoms with Gasteiger partial charge in [0, 0.05) is 12.8 Å². The summed E-state index contributed by atoms with van der Waals surface area (Å²) in [6, 6.07) is -0.623. The molecule has 0 aromatic carbocycles. The minimum atomic E-state index is -0.840. The molecule has 0 aliphatic rings. The third-order valence-corrected chi connectivity index (χ3v) is 14.9. The molecule has 2 unspecified atom stereocenters. The van der Waals surface area contributed by atoms with Crippen LogP contribution in [0.1, 0.15) is 348 Å². The van der Waals surface area contributed by atoms with Gasteiger partial charge in [0.25, 0.3) is 0 Å². The number of aliphatic hydroxyl groups excluding tert-OH is 2. The second-order valence-electron chi connectivity index (χ2n) is 22.1. The van der Waals surface area contributed by atoms with Crippen LogP contribution in [0.4, 0.5) is 0 Å². The minimum Gasteiger partial charge on any atom is -0.466 e. The van der Waals surface area contributed by atoms with Crippen molar-refractivity contribution in [3.8, 4) is 0 Å². The van der Waals surface area contributed by atoms with Crippen LogP contribution in [0.2, 0.25) is 0 Å². The van der Waals surface area contributed by atoms with Gasteiger partial charge < -0.3 is 20.3 Å². The first-order valence-electron chi connectivity index (χ1n) is 32.3. The zero-order valence-electron chi connectivity index (χ0n) is 48.4. The summed E-state index contributed by atoms with van der Waals surface area (Å²) in [6.07, 6.45) is 77.9. The molecule has 0 fully saturated rings. The molecule has 6 heteroatoms. The first-order valence-corrected chi connectivity index (χ1v) is 32.3. The van der Waals surface area contributed by atoms with Gasteiger partial charge in [0.05, 0.1) is 25.4 Å². The Hall–Kier alpha value is -1.92. The second kappa shape index (κ2) is 61.6. The standard InChI is InChI=1S/C66H125NO5/c1-3-5-7-9-11-13-14-15-16-17-31-34-37-40-44-48-52-56-60-66(71)72-61-57-53-49-45-41-38-35-32-29-27-25-23-21-19-18-20-22-24-26-28-30-33-36-39-43-47-51-55-59-65(70)67-63(62-68)64(69)58-54-50-46-42-12-10-8-6-4-2/h13-14,16-17,54,58,63-64,68-69H,3-12,15,18-53,55-57,59-62H2,1-2H3,(H,67,70)/b14-13-,17-16-,58-54+. The Bertz CT molecular complexity index is 1170. The van der Waals surface area contributed by atoms with Gasteiger partial charge in [0.2, 0.25) is 5.91 Å². The summed E-state index contributed by atoms with van der Waals surface area (Å²) in [5.41, 5.74) is 0. The van der Waals surface area contributed by atoms with E-state index in [0.29, 0.717) is 19.4 Å². The molecule has 0 rings (SSSR count). The van der Waals surface area contributed by atoms with Crippen LogP contribution in [-0.4, -0.2) is 47.4 Å². The Kier molecular flexibility index (Phi) is 60.0. The molecule has 0 spiro atoms. The fourth-order valence-corrected chi connectivity index (χ4v) is 9.96.